The second kappa shape index (κ2) is 11.0. The molecule has 2 aromatic heterocycles. The number of amides is 2. The Kier molecular flexibility index (Phi) is 8.35. The van der Waals surface area contributed by atoms with Gasteiger partial charge in [-0.15, -0.1) is 0 Å². The summed E-state index contributed by atoms with van der Waals surface area (Å²) in [6, 6.07) is 1.84. The number of nitrogens with one attached hydrogen (secondary N) is 2. The van der Waals surface area contributed by atoms with Gasteiger partial charge in [0, 0.05) is 6.07 Å². The van der Waals surface area contributed by atoms with Crippen molar-refractivity contribution in [3.8, 4) is 5.75 Å². The molecule has 3 rings (SSSR count). The molecule has 0 bridgehead atoms. The van der Waals surface area contributed by atoms with E-state index in [-0.39, 0.29) is 11.8 Å². The number of thiazole rings is 2. The van der Waals surface area contributed by atoms with Crippen LogP contribution in [0.1, 0.15) is 27.7 Å². The van der Waals surface area contributed by atoms with Crippen LogP contribution in [0.15, 0.2) is 6.07 Å². The predicted molar refractivity (Wildman–Crippen MR) is 132 cm³/mol. The lowest BCUT2D eigenvalue weighted by Crippen LogP contribution is -2.32. The summed E-state index contributed by atoms with van der Waals surface area (Å²) in [4.78, 5) is 38.1. The number of anilines is 2. The maximum absolute atomic E-state index is 12.4. The molecule has 0 spiro atoms. The van der Waals surface area contributed by atoms with Gasteiger partial charge in [-0.2, -0.15) is 0 Å². The molecule has 0 aliphatic heterocycles. The number of carbonyl (C=O) groups excluding carboxylic acids is 2. The smallest absolute Gasteiger partial charge is 0.240 e. The molecule has 0 fully saturated rings. The van der Waals surface area contributed by atoms with Gasteiger partial charge in [-0.05, 0) is 26.2 Å². The number of nitrogens with zero attached hydrogens (tertiary/aromatic N) is 4. The van der Waals surface area contributed by atoms with E-state index < -0.39 is 0 Å². The quantitative estimate of drug-likeness (QED) is 0.435. The van der Waals surface area contributed by atoms with Crippen LogP contribution in [0.4, 0.5) is 10.3 Å². The van der Waals surface area contributed by atoms with Gasteiger partial charge in [0.1, 0.15) is 16.0 Å². The van der Waals surface area contributed by atoms with Crippen LogP contribution in [0.3, 0.4) is 0 Å². The summed E-state index contributed by atoms with van der Waals surface area (Å²) < 4.78 is 7.23. The van der Waals surface area contributed by atoms with E-state index in [0.717, 1.165) is 35.6 Å². The Bertz CT molecular complexity index is 1090. The van der Waals surface area contributed by atoms with Gasteiger partial charge in [-0.25, -0.2) is 9.97 Å². The number of aromatic nitrogens is 2. The number of fused-ring (bicyclic) bond motifs is 3. The average Bonchev–Trinajstić information content (AvgIpc) is 3.38. The van der Waals surface area contributed by atoms with E-state index in [1.165, 1.54) is 22.7 Å². The Morgan fingerprint density at radius 1 is 0.875 bits per heavy atom. The second-order valence-electron chi connectivity index (χ2n) is 7.16. The summed E-state index contributed by atoms with van der Waals surface area (Å²) in [6.45, 7) is 12.0. The summed E-state index contributed by atoms with van der Waals surface area (Å²) in [7, 11) is 1.60. The molecule has 3 aromatic rings. The number of ether oxygens (including phenoxy) is 1. The van der Waals surface area contributed by atoms with E-state index in [2.05, 4.69) is 20.6 Å². The van der Waals surface area contributed by atoms with Gasteiger partial charge in [0.05, 0.1) is 30.4 Å². The first-order chi connectivity index (χ1) is 15.4. The highest BCUT2D eigenvalue weighted by Crippen LogP contribution is 2.41. The molecule has 1 aromatic carbocycles. The molecule has 0 unspecified atom stereocenters. The molecule has 2 N–H and O–H groups in total. The minimum Gasteiger partial charge on any atom is -0.495 e. The third kappa shape index (κ3) is 5.52. The number of hydrogen-bond acceptors (Lipinski definition) is 9. The monoisotopic (exact) mass is 478 g/mol. The van der Waals surface area contributed by atoms with Crippen LogP contribution in [-0.2, 0) is 9.59 Å². The van der Waals surface area contributed by atoms with Crippen LogP contribution in [0.5, 0.6) is 5.75 Å². The maximum atomic E-state index is 12.4. The fourth-order valence-corrected chi connectivity index (χ4v) is 5.31. The number of hydrogen-bond donors (Lipinski definition) is 2. The van der Waals surface area contributed by atoms with Crippen molar-refractivity contribution in [3.05, 3.63) is 6.07 Å². The third-order valence-electron chi connectivity index (χ3n) is 5.22. The highest BCUT2D eigenvalue weighted by molar-refractivity contribution is 7.26. The molecule has 174 valence electrons. The van der Waals surface area contributed by atoms with Gasteiger partial charge >= 0.3 is 0 Å². The van der Waals surface area contributed by atoms with Gasteiger partial charge in [-0.3, -0.25) is 19.4 Å². The van der Waals surface area contributed by atoms with Crippen LogP contribution < -0.4 is 15.4 Å². The number of methoxy groups -OCH3 is 1. The maximum Gasteiger partial charge on any atom is 0.240 e. The summed E-state index contributed by atoms with van der Waals surface area (Å²) in [5.41, 5.74) is 1.41. The number of likely N-dealkylation sites (N-methyl/N-ethyl adjacent to an activating group) is 2. The minimum atomic E-state index is -0.100. The van der Waals surface area contributed by atoms with Crippen LogP contribution in [0.25, 0.3) is 20.4 Å². The van der Waals surface area contributed by atoms with Crippen molar-refractivity contribution >= 4 is 65.2 Å². The molecule has 32 heavy (non-hydrogen) atoms. The fourth-order valence-electron chi connectivity index (χ4n) is 3.31. The van der Waals surface area contributed by atoms with Crippen molar-refractivity contribution in [1.82, 2.24) is 19.8 Å². The molecule has 0 aliphatic rings. The van der Waals surface area contributed by atoms with Gasteiger partial charge in [0.25, 0.3) is 0 Å². The SMILES string of the molecule is CCN(CC)CC(=O)Nc1nc2c(s1)c(OC)cc1nc(NC(=O)CN(CC)CC)sc12. The molecule has 0 saturated heterocycles. The van der Waals surface area contributed by atoms with Crippen molar-refractivity contribution in [3.63, 3.8) is 0 Å². The average molecular weight is 479 g/mol. The Morgan fingerprint density at radius 2 is 1.38 bits per heavy atom. The highest BCUT2D eigenvalue weighted by atomic mass is 32.1. The summed E-state index contributed by atoms with van der Waals surface area (Å²) in [6.07, 6.45) is 0. The Hall–Kier alpha value is -2.34. The lowest BCUT2D eigenvalue weighted by molar-refractivity contribution is -0.118. The second-order valence-corrected chi connectivity index (χ2v) is 9.16. The normalized spacial score (nSPS) is 11.6. The number of carbonyl (C=O) groups is 2. The number of benzene rings is 1. The van der Waals surface area contributed by atoms with E-state index in [9.17, 15) is 9.59 Å². The van der Waals surface area contributed by atoms with E-state index in [0.29, 0.717) is 40.1 Å². The zero-order chi connectivity index (χ0) is 23.3. The Labute approximate surface area is 195 Å². The Morgan fingerprint density at radius 3 is 1.88 bits per heavy atom. The third-order valence-corrected chi connectivity index (χ3v) is 7.20. The first-order valence-electron chi connectivity index (χ1n) is 10.7. The van der Waals surface area contributed by atoms with Crippen molar-refractivity contribution < 1.29 is 14.3 Å². The molecule has 0 aliphatic carbocycles. The van der Waals surface area contributed by atoms with Crippen molar-refractivity contribution in [1.29, 1.82) is 0 Å². The zero-order valence-electron chi connectivity index (χ0n) is 19.2. The van der Waals surface area contributed by atoms with Gasteiger partial charge < -0.3 is 15.4 Å². The summed E-state index contributed by atoms with van der Waals surface area (Å²) in [5.74, 6) is 0.441. The molecule has 2 heterocycles. The lowest BCUT2D eigenvalue weighted by Gasteiger charge is -2.16. The molecular formula is C21H30N6O3S2. The van der Waals surface area contributed by atoms with E-state index >= 15 is 0 Å². The van der Waals surface area contributed by atoms with Gasteiger partial charge in [-0.1, -0.05) is 50.4 Å². The largest absolute Gasteiger partial charge is 0.495 e. The highest BCUT2D eigenvalue weighted by Gasteiger charge is 2.19. The van der Waals surface area contributed by atoms with Crippen molar-refractivity contribution in [2.24, 2.45) is 0 Å². The zero-order valence-corrected chi connectivity index (χ0v) is 20.8. The fraction of sp³-hybridized carbons (Fsp3) is 0.524. The van der Waals surface area contributed by atoms with Crippen LogP contribution in [0, 0.1) is 0 Å². The van der Waals surface area contributed by atoms with Crippen LogP contribution in [0.2, 0.25) is 0 Å². The first kappa shape index (κ1) is 24.3. The van der Waals surface area contributed by atoms with Crippen LogP contribution >= 0.6 is 22.7 Å². The first-order valence-corrected chi connectivity index (χ1v) is 12.4. The standard InChI is InChI=1S/C21H30N6O3S2/c1-6-26(7-2)11-15(28)23-20-22-13-10-14(30-5)19-17(18(13)31-20)25-21(32-19)24-16(29)12-27(8-3)9-4/h10H,6-9,11-12H2,1-5H3,(H,22,23,28)(H,24,25,29). The molecular weight excluding hydrogens is 448 g/mol. The van der Waals surface area contributed by atoms with E-state index in [1.807, 2.05) is 43.6 Å². The summed E-state index contributed by atoms with van der Waals surface area (Å²) in [5, 5.41) is 6.83. The van der Waals surface area contributed by atoms with Crippen LogP contribution in [-0.4, -0.2) is 78.0 Å². The van der Waals surface area contributed by atoms with Crippen molar-refractivity contribution in [2.75, 3.05) is 57.0 Å². The van der Waals surface area contributed by atoms with Gasteiger partial charge in [0.15, 0.2) is 10.3 Å². The van der Waals surface area contributed by atoms with Crippen molar-refractivity contribution in [2.45, 2.75) is 27.7 Å². The van der Waals surface area contributed by atoms with E-state index in [1.54, 1.807) is 7.11 Å². The van der Waals surface area contributed by atoms with Gasteiger partial charge in [0.2, 0.25) is 11.8 Å². The molecule has 9 nitrogen and oxygen atoms in total. The lowest BCUT2D eigenvalue weighted by atomic mass is 10.3. The topological polar surface area (TPSA) is 99.7 Å². The minimum absolute atomic E-state index is 0.0985. The molecule has 11 heteroatoms. The van der Waals surface area contributed by atoms with E-state index in [4.69, 9.17) is 4.74 Å². The predicted octanol–water partition coefficient (Wildman–Crippen LogP) is 3.48. The molecule has 0 saturated carbocycles. The molecule has 0 atom stereocenters. The number of rotatable bonds is 11. The molecule has 2 amide bonds. The molecule has 0 radical (unpaired) electrons. The Balaban J connectivity index is 1.87. The summed E-state index contributed by atoms with van der Waals surface area (Å²) >= 11 is 2.74.